The molecule has 146 valence electrons. The molecule has 0 saturated heterocycles. The first-order chi connectivity index (χ1) is 13.7. The van der Waals surface area contributed by atoms with Crippen molar-refractivity contribution in [3.8, 4) is 0 Å². The highest BCUT2D eigenvalue weighted by Crippen LogP contribution is 2.28. The average Bonchev–Trinajstić information content (AvgIpc) is 3.12. The first kappa shape index (κ1) is 18.5. The molecule has 6 heteroatoms. The predicted molar refractivity (Wildman–Crippen MR) is 106 cm³/mol. The summed E-state index contributed by atoms with van der Waals surface area (Å²) in [5.41, 5.74) is 3.56. The molecule has 1 aliphatic carbocycles. The van der Waals surface area contributed by atoms with Gasteiger partial charge in [-0.1, -0.05) is 30.3 Å². The lowest BCUT2D eigenvalue weighted by molar-refractivity contribution is -0.128. The molecule has 0 bridgehead atoms. The lowest BCUT2D eigenvalue weighted by Crippen LogP contribution is -2.52. The van der Waals surface area contributed by atoms with Gasteiger partial charge in [-0.25, -0.2) is 4.79 Å². The second-order valence-electron chi connectivity index (χ2n) is 7.70. The molecular formula is C22H26N4O2. The molecule has 1 aromatic heterocycles. The Morgan fingerprint density at radius 3 is 2.64 bits per heavy atom. The predicted octanol–water partition coefficient (Wildman–Crippen LogP) is 2.63. The Labute approximate surface area is 165 Å². The van der Waals surface area contributed by atoms with Crippen LogP contribution in [-0.4, -0.2) is 34.4 Å². The van der Waals surface area contributed by atoms with Gasteiger partial charge in [0, 0.05) is 44.0 Å². The molecule has 2 aliphatic rings. The maximum atomic E-state index is 12.4. The van der Waals surface area contributed by atoms with Gasteiger partial charge < -0.3 is 15.5 Å². The number of pyridine rings is 1. The molecule has 6 nitrogen and oxygen atoms in total. The zero-order valence-electron chi connectivity index (χ0n) is 15.9. The molecule has 0 spiro atoms. The van der Waals surface area contributed by atoms with Crippen LogP contribution in [0.4, 0.5) is 4.79 Å². The third kappa shape index (κ3) is 4.32. The zero-order chi connectivity index (χ0) is 19.3. The zero-order valence-corrected chi connectivity index (χ0v) is 15.9. The summed E-state index contributed by atoms with van der Waals surface area (Å²) in [6.07, 6.45) is 6.93. The summed E-state index contributed by atoms with van der Waals surface area (Å²) in [7, 11) is 0. The van der Waals surface area contributed by atoms with Crippen LogP contribution in [-0.2, 0) is 24.3 Å². The second kappa shape index (κ2) is 8.42. The molecular weight excluding hydrogens is 352 g/mol. The van der Waals surface area contributed by atoms with Gasteiger partial charge in [0.25, 0.3) is 0 Å². The number of fused-ring (bicyclic) bond motifs is 1. The van der Waals surface area contributed by atoms with Crippen LogP contribution in [0.25, 0.3) is 0 Å². The van der Waals surface area contributed by atoms with Gasteiger partial charge in [-0.15, -0.1) is 0 Å². The van der Waals surface area contributed by atoms with Crippen molar-refractivity contribution < 1.29 is 9.59 Å². The number of carbonyl (C=O) groups excluding carboxylic acids is 2. The Hall–Kier alpha value is -2.89. The van der Waals surface area contributed by atoms with E-state index in [0.717, 1.165) is 36.8 Å². The molecule has 1 fully saturated rings. The Morgan fingerprint density at radius 2 is 1.86 bits per heavy atom. The maximum Gasteiger partial charge on any atom is 0.318 e. The lowest BCUT2D eigenvalue weighted by Gasteiger charge is -2.35. The van der Waals surface area contributed by atoms with E-state index >= 15 is 0 Å². The number of benzene rings is 1. The van der Waals surface area contributed by atoms with Crippen molar-refractivity contribution >= 4 is 11.9 Å². The average molecular weight is 378 g/mol. The van der Waals surface area contributed by atoms with Crippen LogP contribution in [0.3, 0.4) is 0 Å². The summed E-state index contributed by atoms with van der Waals surface area (Å²) >= 11 is 0. The van der Waals surface area contributed by atoms with Crippen molar-refractivity contribution in [3.05, 3.63) is 65.5 Å². The molecule has 2 aromatic rings. The molecule has 0 atom stereocenters. The fourth-order valence-electron chi connectivity index (χ4n) is 3.87. The summed E-state index contributed by atoms with van der Waals surface area (Å²) < 4.78 is 0. The van der Waals surface area contributed by atoms with Crippen LogP contribution in [0.5, 0.6) is 0 Å². The molecule has 0 radical (unpaired) electrons. The van der Waals surface area contributed by atoms with Crippen LogP contribution < -0.4 is 10.6 Å². The topological polar surface area (TPSA) is 74.3 Å². The number of hydrogen-bond donors (Lipinski definition) is 2. The molecule has 2 N–H and O–H groups in total. The van der Waals surface area contributed by atoms with Gasteiger partial charge in [0.05, 0.1) is 0 Å². The Balaban J connectivity index is 1.12. The van der Waals surface area contributed by atoms with E-state index in [4.69, 9.17) is 0 Å². The van der Waals surface area contributed by atoms with E-state index in [1.807, 2.05) is 30.5 Å². The number of rotatable bonds is 6. The maximum absolute atomic E-state index is 12.4. The first-order valence-corrected chi connectivity index (χ1v) is 9.98. The Morgan fingerprint density at radius 1 is 1.07 bits per heavy atom. The van der Waals surface area contributed by atoms with Crippen LogP contribution >= 0.6 is 0 Å². The number of nitrogens with one attached hydrogen (secondary N) is 2. The molecule has 1 saturated carbocycles. The Kier molecular flexibility index (Phi) is 5.55. The van der Waals surface area contributed by atoms with E-state index in [0.29, 0.717) is 19.6 Å². The van der Waals surface area contributed by atoms with E-state index in [-0.39, 0.29) is 23.9 Å². The molecule has 1 aliphatic heterocycles. The van der Waals surface area contributed by atoms with Gasteiger partial charge in [0.1, 0.15) is 0 Å². The van der Waals surface area contributed by atoms with E-state index in [9.17, 15) is 9.59 Å². The number of urea groups is 1. The number of hydrogen-bond acceptors (Lipinski definition) is 3. The third-order valence-corrected chi connectivity index (χ3v) is 5.63. The first-order valence-electron chi connectivity index (χ1n) is 9.98. The number of nitrogens with zero attached hydrogens (tertiary/aromatic N) is 2. The number of amides is 3. The number of aromatic nitrogens is 1. The van der Waals surface area contributed by atoms with Crippen molar-refractivity contribution in [3.63, 3.8) is 0 Å². The van der Waals surface area contributed by atoms with Gasteiger partial charge in [-0.3, -0.25) is 9.78 Å². The van der Waals surface area contributed by atoms with Gasteiger partial charge in [-0.2, -0.15) is 0 Å². The number of carbonyl (C=O) groups is 2. The van der Waals surface area contributed by atoms with Gasteiger partial charge >= 0.3 is 6.03 Å². The molecule has 0 unspecified atom stereocenters. The SMILES string of the molecule is O=C(N[C@H]1C[C@H](C(=O)NCCCc2ccccc2)C1)N1Cc2ccncc2C1. The molecule has 3 amide bonds. The van der Waals surface area contributed by atoms with Crippen LogP contribution in [0.1, 0.15) is 36.0 Å². The van der Waals surface area contributed by atoms with Crippen molar-refractivity contribution in [1.29, 1.82) is 0 Å². The van der Waals surface area contributed by atoms with Crippen LogP contribution in [0, 0.1) is 5.92 Å². The summed E-state index contributed by atoms with van der Waals surface area (Å²) in [4.78, 5) is 30.6. The van der Waals surface area contributed by atoms with Gasteiger partial charge in [0.2, 0.25) is 5.91 Å². The highest BCUT2D eigenvalue weighted by atomic mass is 16.2. The highest BCUT2D eigenvalue weighted by Gasteiger charge is 2.36. The molecule has 28 heavy (non-hydrogen) atoms. The van der Waals surface area contributed by atoms with Crippen molar-refractivity contribution in [2.75, 3.05) is 6.54 Å². The summed E-state index contributed by atoms with van der Waals surface area (Å²) in [6, 6.07) is 12.3. The monoisotopic (exact) mass is 378 g/mol. The van der Waals surface area contributed by atoms with E-state index < -0.39 is 0 Å². The van der Waals surface area contributed by atoms with E-state index in [1.54, 1.807) is 11.1 Å². The van der Waals surface area contributed by atoms with Gasteiger partial charge in [0.15, 0.2) is 0 Å². The minimum Gasteiger partial charge on any atom is -0.356 e. The minimum atomic E-state index is -0.0529. The molecule has 1 aromatic carbocycles. The van der Waals surface area contributed by atoms with Crippen molar-refractivity contribution in [2.24, 2.45) is 5.92 Å². The summed E-state index contributed by atoms with van der Waals surface area (Å²) in [5.74, 6) is 0.125. The van der Waals surface area contributed by atoms with E-state index in [2.05, 4.69) is 27.8 Å². The van der Waals surface area contributed by atoms with Crippen LogP contribution in [0.15, 0.2) is 48.8 Å². The Bertz CT molecular complexity index is 808. The number of aryl methyl sites for hydroxylation is 1. The van der Waals surface area contributed by atoms with Crippen molar-refractivity contribution in [2.45, 2.75) is 44.8 Å². The smallest absolute Gasteiger partial charge is 0.318 e. The molecule has 2 heterocycles. The van der Waals surface area contributed by atoms with Gasteiger partial charge in [-0.05, 0) is 48.4 Å². The fourth-order valence-corrected chi connectivity index (χ4v) is 3.87. The fraction of sp³-hybridized carbons (Fsp3) is 0.409. The largest absolute Gasteiger partial charge is 0.356 e. The lowest BCUT2D eigenvalue weighted by atomic mass is 9.79. The third-order valence-electron chi connectivity index (χ3n) is 5.63. The second-order valence-corrected chi connectivity index (χ2v) is 7.70. The highest BCUT2D eigenvalue weighted by molar-refractivity contribution is 5.80. The standard InChI is InChI=1S/C22H26N4O2/c27-21(24-9-4-7-16-5-2-1-3-6-16)18-11-20(12-18)25-22(28)26-14-17-8-10-23-13-19(17)15-26/h1-3,5-6,8,10,13,18,20H,4,7,9,11-12,14-15H2,(H,24,27)(H,25,28)/t18-,20-. The summed E-state index contributed by atoms with van der Waals surface area (Å²) in [6.45, 7) is 1.93. The van der Waals surface area contributed by atoms with Crippen LogP contribution in [0.2, 0.25) is 0 Å². The molecule has 4 rings (SSSR count). The summed E-state index contributed by atoms with van der Waals surface area (Å²) in [5, 5.41) is 6.08. The minimum absolute atomic E-state index is 0.0157. The quantitative estimate of drug-likeness (QED) is 0.759. The van der Waals surface area contributed by atoms with Crippen molar-refractivity contribution in [1.82, 2.24) is 20.5 Å². The van der Waals surface area contributed by atoms with E-state index in [1.165, 1.54) is 5.56 Å². The normalized spacial score (nSPS) is 20.2.